The number of nitrogens with zero attached hydrogens (tertiary/aromatic N) is 1. The Kier molecular flexibility index (Phi) is 5.31. The Hall–Kier alpha value is -2.13. The van der Waals surface area contributed by atoms with Crippen LogP contribution in [0.3, 0.4) is 0 Å². The van der Waals surface area contributed by atoms with Gasteiger partial charge in [0.1, 0.15) is 6.61 Å². The van der Waals surface area contributed by atoms with E-state index in [2.05, 4.69) is 43.1 Å². The fourth-order valence-corrected chi connectivity index (χ4v) is 4.96. The summed E-state index contributed by atoms with van der Waals surface area (Å²) in [4.78, 5) is 15.6. The van der Waals surface area contributed by atoms with Gasteiger partial charge in [-0.25, -0.2) is 0 Å². The lowest BCUT2D eigenvalue weighted by molar-refractivity contribution is -0.154. The van der Waals surface area contributed by atoms with E-state index in [0.717, 1.165) is 24.8 Å². The van der Waals surface area contributed by atoms with E-state index in [1.54, 1.807) is 0 Å². The third kappa shape index (κ3) is 3.66. The second kappa shape index (κ2) is 7.85. The Labute approximate surface area is 162 Å². The quantitative estimate of drug-likeness (QED) is 0.730. The molecule has 2 saturated heterocycles. The van der Waals surface area contributed by atoms with Crippen LogP contribution in [0.4, 0.5) is 0 Å². The first kappa shape index (κ1) is 18.2. The number of ether oxygens (including phenoxy) is 1. The molecule has 2 unspecified atom stereocenters. The first-order valence-electron chi connectivity index (χ1n) is 10.2. The highest BCUT2D eigenvalue weighted by Gasteiger charge is 2.49. The topological polar surface area (TPSA) is 29.5 Å². The molecule has 2 heterocycles. The zero-order valence-corrected chi connectivity index (χ0v) is 16.3. The lowest BCUT2D eigenvalue weighted by Crippen LogP contribution is -2.49. The molecule has 3 nitrogen and oxygen atoms in total. The molecule has 2 aliphatic heterocycles. The summed E-state index contributed by atoms with van der Waals surface area (Å²) in [6.07, 6.45) is 4.37. The van der Waals surface area contributed by atoms with Crippen molar-refractivity contribution in [3.8, 4) is 0 Å². The summed E-state index contributed by atoms with van der Waals surface area (Å²) in [5.41, 5.74) is 3.68. The van der Waals surface area contributed by atoms with E-state index < -0.39 is 0 Å². The van der Waals surface area contributed by atoms with Crippen LogP contribution in [0.15, 0.2) is 54.6 Å². The summed E-state index contributed by atoms with van der Waals surface area (Å²) in [5.74, 6) is 0.137. The molecular weight excluding hydrogens is 334 g/mol. The van der Waals surface area contributed by atoms with Crippen molar-refractivity contribution >= 4 is 5.97 Å². The van der Waals surface area contributed by atoms with Crippen LogP contribution in [0.2, 0.25) is 0 Å². The SMILES string of the molecule is CCc1ccc([C@H]2C[C@H]3CCC(C2C(=O)OCc2ccccc2)N3C)cc1. The van der Waals surface area contributed by atoms with Gasteiger partial charge >= 0.3 is 5.97 Å². The molecule has 0 radical (unpaired) electrons. The minimum absolute atomic E-state index is 0.0411. The van der Waals surface area contributed by atoms with Crippen LogP contribution in [0, 0.1) is 5.92 Å². The smallest absolute Gasteiger partial charge is 0.311 e. The van der Waals surface area contributed by atoms with Crippen molar-refractivity contribution in [2.75, 3.05) is 7.05 Å². The first-order chi connectivity index (χ1) is 13.2. The van der Waals surface area contributed by atoms with Gasteiger partial charge in [0.15, 0.2) is 0 Å². The van der Waals surface area contributed by atoms with E-state index in [1.807, 2.05) is 30.3 Å². The van der Waals surface area contributed by atoms with Gasteiger partial charge in [-0.3, -0.25) is 9.69 Å². The number of carbonyl (C=O) groups is 1. The van der Waals surface area contributed by atoms with E-state index in [9.17, 15) is 4.79 Å². The van der Waals surface area contributed by atoms with Gasteiger partial charge in [0.25, 0.3) is 0 Å². The van der Waals surface area contributed by atoms with Crippen molar-refractivity contribution in [2.24, 2.45) is 5.92 Å². The van der Waals surface area contributed by atoms with Crippen molar-refractivity contribution in [1.82, 2.24) is 4.90 Å². The average molecular weight is 364 g/mol. The van der Waals surface area contributed by atoms with E-state index in [4.69, 9.17) is 4.74 Å². The molecule has 0 aliphatic carbocycles. The van der Waals surface area contributed by atoms with Gasteiger partial charge in [-0.2, -0.15) is 0 Å². The second-order valence-corrected chi connectivity index (χ2v) is 8.02. The summed E-state index contributed by atoms with van der Waals surface area (Å²) in [6, 6.07) is 19.7. The molecule has 0 saturated carbocycles. The standard InChI is InChI=1S/C24H29NO2/c1-3-17-9-11-19(12-10-17)21-15-20-13-14-22(25(20)2)23(21)24(26)27-16-18-7-5-4-6-8-18/h4-12,20-23H,3,13-16H2,1-2H3/t20-,21-,22?,23?/m1/s1. The predicted octanol–water partition coefficient (Wildman–Crippen LogP) is 4.56. The van der Waals surface area contributed by atoms with Crippen molar-refractivity contribution in [1.29, 1.82) is 0 Å². The number of esters is 1. The molecule has 0 N–H and O–H groups in total. The largest absolute Gasteiger partial charge is 0.461 e. The normalized spacial score (nSPS) is 27.5. The van der Waals surface area contributed by atoms with Crippen LogP contribution >= 0.6 is 0 Å². The van der Waals surface area contributed by atoms with Crippen molar-refractivity contribution in [3.05, 3.63) is 71.3 Å². The fourth-order valence-electron chi connectivity index (χ4n) is 4.96. The van der Waals surface area contributed by atoms with Crippen LogP contribution in [0.25, 0.3) is 0 Å². The fraction of sp³-hybridized carbons (Fsp3) is 0.458. The maximum Gasteiger partial charge on any atom is 0.311 e. The number of benzene rings is 2. The molecule has 2 aromatic carbocycles. The second-order valence-electron chi connectivity index (χ2n) is 8.02. The summed E-state index contributed by atoms with van der Waals surface area (Å²) < 4.78 is 5.80. The van der Waals surface area contributed by atoms with Crippen LogP contribution in [0.1, 0.15) is 48.8 Å². The molecule has 4 atom stereocenters. The van der Waals surface area contributed by atoms with Gasteiger partial charge in [-0.1, -0.05) is 61.5 Å². The monoisotopic (exact) mass is 363 g/mol. The first-order valence-corrected chi connectivity index (χ1v) is 10.2. The van der Waals surface area contributed by atoms with Crippen LogP contribution in [-0.2, 0) is 22.6 Å². The van der Waals surface area contributed by atoms with Gasteiger partial charge in [0.2, 0.25) is 0 Å². The van der Waals surface area contributed by atoms with Gasteiger partial charge in [-0.05, 0) is 49.4 Å². The molecule has 0 aromatic heterocycles. The third-order valence-electron chi connectivity index (χ3n) is 6.58. The third-order valence-corrected chi connectivity index (χ3v) is 6.58. The highest BCUT2D eigenvalue weighted by molar-refractivity contribution is 5.75. The Morgan fingerprint density at radius 3 is 2.48 bits per heavy atom. The number of carbonyl (C=O) groups excluding carboxylic acids is 1. The van der Waals surface area contributed by atoms with Gasteiger partial charge in [0.05, 0.1) is 5.92 Å². The van der Waals surface area contributed by atoms with Crippen molar-refractivity contribution in [3.63, 3.8) is 0 Å². The van der Waals surface area contributed by atoms with E-state index in [1.165, 1.54) is 17.5 Å². The zero-order valence-electron chi connectivity index (χ0n) is 16.3. The molecule has 142 valence electrons. The summed E-state index contributed by atoms with van der Waals surface area (Å²) in [6.45, 7) is 2.53. The number of hydrogen-bond acceptors (Lipinski definition) is 3. The number of fused-ring (bicyclic) bond motifs is 2. The van der Waals surface area contributed by atoms with Crippen molar-refractivity contribution in [2.45, 2.75) is 57.2 Å². The molecule has 2 aliphatic rings. The highest BCUT2D eigenvalue weighted by atomic mass is 16.5. The lowest BCUT2D eigenvalue weighted by Gasteiger charge is -2.42. The molecule has 4 rings (SSSR count). The molecule has 2 bridgehead atoms. The molecule has 27 heavy (non-hydrogen) atoms. The van der Waals surface area contributed by atoms with Crippen LogP contribution < -0.4 is 0 Å². The number of hydrogen-bond donors (Lipinski definition) is 0. The minimum Gasteiger partial charge on any atom is -0.461 e. The number of rotatable bonds is 5. The van der Waals surface area contributed by atoms with E-state index in [0.29, 0.717) is 18.7 Å². The molecule has 0 amide bonds. The van der Waals surface area contributed by atoms with E-state index in [-0.39, 0.29) is 17.8 Å². The lowest BCUT2D eigenvalue weighted by atomic mass is 9.76. The van der Waals surface area contributed by atoms with Gasteiger partial charge in [0, 0.05) is 18.0 Å². The Balaban J connectivity index is 1.56. The molecule has 2 fully saturated rings. The summed E-state index contributed by atoms with van der Waals surface area (Å²) >= 11 is 0. The molecular formula is C24H29NO2. The highest BCUT2D eigenvalue weighted by Crippen LogP contribution is 2.46. The Morgan fingerprint density at radius 1 is 1.04 bits per heavy atom. The van der Waals surface area contributed by atoms with Gasteiger partial charge in [-0.15, -0.1) is 0 Å². The average Bonchev–Trinajstić information content (AvgIpc) is 2.95. The maximum atomic E-state index is 13.2. The molecule has 0 spiro atoms. The maximum absolute atomic E-state index is 13.2. The summed E-state index contributed by atoms with van der Waals surface area (Å²) in [5, 5.41) is 0. The predicted molar refractivity (Wildman–Crippen MR) is 107 cm³/mol. The van der Waals surface area contributed by atoms with Crippen LogP contribution in [0.5, 0.6) is 0 Å². The molecule has 3 heteroatoms. The number of aryl methyl sites for hydroxylation is 1. The minimum atomic E-state index is -0.0788. The Morgan fingerprint density at radius 2 is 1.78 bits per heavy atom. The molecule has 2 aromatic rings. The zero-order chi connectivity index (χ0) is 18.8. The van der Waals surface area contributed by atoms with Crippen LogP contribution in [-0.4, -0.2) is 30.0 Å². The van der Waals surface area contributed by atoms with Gasteiger partial charge < -0.3 is 4.74 Å². The van der Waals surface area contributed by atoms with E-state index >= 15 is 0 Å². The van der Waals surface area contributed by atoms with Crippen molar-refractivity contribution < 1.29 is 9.53 Å². The number of piperidine rings is 1. The summed E-state index contributed by atoms with van der Waals surface area (Å²) in [7, 11) is 2.18. The Bertz CT molecular complexity index is 771.